The van der Waals surface area contributed by atoms with Crippen molar-refractivity contribution in [3.63, 3.8) is 0 Å². The van der Waals surface area contributed by atoms with E-state index in [4.69, 9.17) is 0 Å². The number of benzene rings is 1. The van der Waals surface area contributed by atoms with Crippen molar-refractivity contribution in [2.75, 3.05) is 17.2 Å². The lowest BCUT2D eigenvalue weighted by Gasteiger charge is -2.24. The summed E-state index contributed by atoms with van der Waals surface area (Å²) in [5.74, 6) is 0.782. The maximum Gasteiger partial charge on any atom is 0.229 e. The van der Waals surface area contributed by atoms with E-state index in [1.807, 2.05) is 36.5 Å². The number of carbonyl (C=O) groups excluding carboxylic acids is 2. The van der Waals surface area contributed by atoms with Gasteiger partial charge in [-0.2, -0.15) is 4.98 Å². The van der Waals surface area contributed by atoms with Crippen LogP contribution in [0, 0.1) is 5.92 Å². The first-order valence-corrected chi connectivity index (χ1v) is 10.3. The molecule has 8 nitrogen and oxygen atoms in total. The molecule has 0 atom stereocenters. The van der Waals surface area contributed by atoms with E-state index in [0.717, 1.165) is 42.5 Å². The topological polar surface area (TPSA) is 101 Å². The van der Waals surface area contributed by atoms with Crippen LogP contribution in [0.5, 0.6) is 0 Å². The van der Waals surface area contributed by atoms with E-state index in [0.29, 0.717) is 18.2 Å². The van der Waals surface area contributed by atoms with E-state index < -0.39 is 0 Å². The van der Waals surface area contributed by atoms with Crippen LogP contribution in [0.2, 0.25) is 0 Å². The van der Waals surface area contributed by atoms with Gasteiger partial charge in [0.1, 0.15) is 5.65 Å². The summed E-state index contributed by atoms with van der Waals surface area (Å²) in [7, 11) is 0. The van der Waals surface area contributed by atoms with Crippen molar-refractivity contribution in [3.05, 3.63) is 42.7 Å². The van der Waals surface area contributed by atoms with Crippen molar-refractivity contribution in [1.82, 2.24) is 19.9 Å². The summed E-state index contributed by atoms with van der Waals surface area (Å²) in [5, 5.41) is 9.95. The van der Waals surface area contributed by atoms with Gasteiger partial charge < -0.3 is 20.5 Å². The Bertz CT molecular complexity index is 1060. The summed E-state index contributed by atoms with van der Waals surface area (Å²) in [6.07, 6.45) is 7.84. The van der Waals surface area contributed by atoms with Gasteiger partial charge in [-0.05, 0) is 43.5 Å². The van der Waals surface area contributed by atoms with Crippen LogP contribution in [0.15, 0.2) is 42.7 Å². The number of aromatic nitrogens is 3. The Balaban J connectivity index is 1.38. The minimum atomic E-state index is -0.119. The quantitative estimate of drug-likeness (QED) is 0.498. The number of anilines is 3. The van der Waals surface area contributed by atoms with Crippen LogP contribution in [0.4, 0.5) is 17.3 Å². The van der Waals surface area contributed by atoms with Gasteiger partial charge in [-0.3, -0.25) is 9.59 Å². The lowest BCUT2D eigenvalue weighted by Crippen LogP contribution is -2.35. The number of fused-ring (bicyclic) bond motifs is 1. The van der Waals surface area contributed by atoms with Crippen molar-refractivity contribution in [2.45, 2.75) is 39.2 Å². The summed E-state index contributed by atoms with van der Waals surface area (Å²) >= 11 is 0. The van der Waals surface area contributed by atoms with Crippen molar-refractivity contribution < 1.29 is 9.59 Å². The molecule has 3 aromatic rings. The zero-order valence-electron chi connectivity index (χ0n) is 17.0. The molecule has 1 fully saturated rings. The fourth-order valence-corrected chi connectivity index (χ4v) is 3.49. The van der Waals surface area contributed by atoms with E-state index in [2.05, 4.69) is 30.5 Å². The predicted molar refractivity (Wildman–Crippen MR) is 117 cm³/mol. The van der Waals surface area contributed by atoms with E-state index in [-0.39, 0.29) is 17.7 Å². The van der Waals surface area contributed by atoms with Gasteiger partial charge in [0.05, 0.1) is 0 Å². The van der Waals surface area contributed by atoms with Gasteiger partial charge in [-0.15, -0.1) is 0 Å². The third-order valence-electron chi connectivity index (χ3n) is 5.29. The Morgan fingerprint density at radius 1 is 1.20 bits per heavy atom. The van der Waals surface area contributed by atoms with Crippen molar-refractivity contribution >= 4 is 40.2 Å². The van der Waals surface area contributed by atoms with Gasteiger partial charge in [0.15, 0.2) is 0 Å². The first-order valence-electron chi connectivity index (χ1n) is 10.3. The van der Waals surface area contributed by atoms with E-state index in [9.17, 15) is 9.59 Å². The van der Waals surface area contributed by atoms with Gasteiger partial charge in [0, 0.05) is 55.1 Å². The van der Waals surface area contributed by atoms with Gasteiger partial charge in [0.25, 0.3) is 0 Å². The fraction of sp³-hybridized carbons (Fsp3) is 0.364. The Hall–Kier alpha value is -3.42. The van der Waals surface area contributed by atoms with Crippen LogP contribution in [-0.2, 0) is 16.1 Å². The Morgan fingerprint density at radius 2 is 2.03 bits per heavy atom. The second-order valence-corrected chi connectivity index (χ2v) is 7.64. The monoisotopic (exact) mass is 406 g/mol. The maximum atomic E-state index is 11.9. The molecule has 0 spiro atoms. The van der Waals surface area contributed by atoms with Crippen LogP contribution in [0.25, 0.3) is 11.0 Å². The van der Waals surface area contributed by atoms with Crippen LogP contribution in [0.3, 0.4) is 0 Å². The first kappa shape index (κ1) is 19.9. The molecule has 2 heterocycles. The van der Waals surface area contributed by atoms with Gasteiger partial charge in [-0.25, -0.2) is 4.98 Å². The molecule has 4 rings (SSSR count). The number of amides is 2. The Kier molecular flexibility index (Phi) is 5.92. The highest BCUT2D eigenvalue weighted by Gasteiger charge is 2.24. The molecule has 0 radical (unpaired) electrons. The molecule has 0 unspecified atom stereocenters. The standard InChI is InChI=1S/C22H26N6O2/c1-15(29)25-18-7-3-8-19(13-18)26-22-24-14-17-9-12-28(20(17)27-22)11-4-10-23-21(30)16-5-2-6-16/h3,7-9,12-14,16H,2,4-6,10-11H2,1H3,(H,23,30)(H,25,29)(H,24,26,27). The highest BCUT2D eigenvalue weighted by Crippen LogP contribution is 2.26. The molecule has 1 aliphatic carbocycles. The molecule has 1 aliphatic rings. The summed E-state index contributed by atoms with van der Waals surface area (Å²) in [6.45, 7) is 2.91. The van der Waals surface area contributed by atoms with E-state index in [1.165, 1.54) is 13.3 Å². The molecule has 2 amide bonds. The maximum absolute atomic E-state index is 11.9. The highest BCUT2D eigenvalue weighted by atomic mass is 16.2. The molecular weight excluding hydrogens is 380 g/mol. The summed E-state index contributed by atoms with van der Waals surface area (Å²) in [5.41, 5.74) is 2.34. The molecule has 0 aliphatic heterocycles. The molecular formula is C22H26N6O2. The Labute approximate surface area is 175 Å². The number of hydrogen-bond acceptors (Lipinski definition) is 5. The fourth-order valence-electron chi connectivity index (χ4n) is 3.49. The molecule has 156 valence electrons. The largest absolute Gasteiger partial charge is 0.356 e. The number of rotatable bonds is 8. The molecule has 8 heteroatoms. The lowest BCUT2D eigenvalue weighted by molar-refractivity contribution is -0.127. The second-order valence-electron chi connectivity index (χ2n) is 7.64. The minimum absolute atomic E-state index is 0.119. The minimum Gasteiger partial charge on any atom is -0.356 e. The van der Waals surface area contributed by atoms with Crippen molar-refractivity contribution in [3.8, 4) is 0 Å². The molecule has 0 bridgehead atoms. The molecule has 3 N–H and O–H groups in total. The van der Waals surface area contributed by atoms with Gasteiger partial charge in [0.2, 0.25) is 17.8 Å². The number of nitrogens with zero attached hydrogens (tertiary/aromatic N) is 3. The highest BCUT2D eigenvalue weighted by molar-refractivity contribution is 5.89. The van der Waals surface area contributed by atoms with E-state index in [1.54, 1.807) is 6.20 Å². The average molecular weight is 406 g/mol. The van der Waals surface area contributed by atoms with Crippen molar-refractivity contribution in [1.29, 1.82) is 0 Å². The third-order valence-corrected chi connectivity index (χ3v) is 5.29. The number of aryl methyl sites for hydroxylation is 1. The SMILES string of the molecule is CC(=O)Nc1cccc(Nc2ncc3ccn(CCCNC(=O)C4CCC4)c3n2)c1. The van der Waals surface area contributed by atoms with Crippen LogP contribution in [-0.4, -0.2) is 32.9 Å². The summed E-state index contributed by atoms with van der Waals surface area (Å²) < 4.78 is 2.07. The normalized spacial score (nSPS) is 13.6. The summed E-state index contributed by atoms with van der Waals surface area (Å²) in [6, 6.07) is 9.39. The van der Waals surface area contributed by atoms with Gasteiger partial charge >= 0.3 is 0 Å². The second kappa shape index (κ2) is 8.94. The predicted octanol–water partition coefficient (Wildman–Crippen LogP) is 3.44. The van der Waals surface area contributed by atoms with Crippen molar-refractivity contribution in [2.24, 2.45) is 5.92 Å². The van der Waals surface area contributed by atoms with Crippen LogP contribution < -0.4 is 16.0 Å². The van der Waals surface area contributed by atoms with E-state index >= 15 is 0 Å². The smallest absolute Gasteiger partial charge is 0.229 e. The number of nitrogens with one attached hydrogen (secondary N) is 3. The average Bonchev–Trinajstić information content (AvgIpc) is 3.06. The summed E-state index contributed by atoms with van der Waals surface area (Å²) in [4.78, 5) is 32.2. The van der Waals surface area contributed by atoms with Crippen LogP contribution >= 0.6 is 0 Å². The third kappa shape index (κ3) is 4.76. The molecule has 1 aromatic carbocycles. The molecule has 2 aromatic heterocycles. The van der Waals surface area contributed by atoms with Gasteiger partial charge in [-0.1, -0.05) is 12.5 Å². The molecule has 30 heavy (non-hydrogen) atoms. The first-order chi connectivity index (χ1) is 14.6. The number of carbonyl (C=O) groups is 2. The molecule has 1 saturated carbocycles. The molecule has 0 saturated heterocycles. The Morgan fingerprint density at radius 3 is 2.80 bits per heavy atom. The number of hydrogen-bond donors (Lipinski definition) is 3. The van der Waals surface area contributed by atoms with Crippen LogP contribution in [0.1, 0.15) is 32.6 Å². The zero-order chi connectivity index (χ0) is 20.9. The zero-order valence-corrected chi connectivity index (χ0v) is 17.0. The lowest BCUT2D eigenvalue weighted by atomic mass is 9.85.